The fourth-order valence-corrected chi connectivity index (χ4v) is 4.71. The van der Waals surface area contributed by atoms with Gasteiger partial charge < -0.3 is 19.4 Å². The standard InChI is InChI=1S/C20H34N2O6Si2/c1-19(2,3)30(7,8)28-16-17(22-11-9-15(24)21-18(22)25)27-14(13-23)20(16,26)10-12-29(4,5)6/h9,11,14,16-17,23,26H,13H2,1-8H3,(H,21,24,25)/t14-,16+,17-,20-/m1/s1. The first kappa shape index (κ1) is 24.8. The van der Waals surface area contributed by atoms with E-state index in [2.05, 4.69) is 37.2 Å². The highest BCUT2D eigenvalue weighted by atomic mass is 28.4. The number of aromatic amines is 1. The highest BCUT2D eigenvalue weighted by molar-refractivity contribution is 6.83. The average Bonchev–Trinajstić information content (AvgIpc) is 2.84. The maximum absolute atomic E-state index is 12.5. The van der Waals surface area contributed by atoms with E-state index in [-0.39, 0.29) is 5.04 Å². The normalized spacial score (nSPS) is 27.6. The zero-order chi connectivity index (χ0) is 23.1. The quantitative estimate of drug-likeness (QED) is 0.468. The molecule has 30 heavy (non-hydrogen) atoms. The van der Waals surface area contributed by atoms with Crippen molar-refractivity contribution in [3.8, 4) is 11.5 Å². The third kappa shape index (κ3) is 5.04. The van der Waals surface area contributed by atoms with E-state index >= 15 is 0 Å². The molecule has 0 bridgehead atoms. The maximum atomic E-state index is 12.5. The van der Waals surface area contributed by atoms with E-state index in [4.69, 9.17) is 9.16 Å². The molecule has 0 radical (unpaired) electrons. The summed E-state index contributed by atoms with van der Waals surface area (Å²) in [5, 5.41) is 21.4. The number of ether oxygens (including phenoxy) is 1. The van der Waals surface area contributed by atoms with Crippen LogP contribution >= 0.6 is 0 Å². The lowest BCUT2D eigenvalue weighted by molar-refractivity contribution is -0.0624. The average molecular weight is 455 g/mol. The van der Waals surface area contributed by atoms with Crippen LogP contribution in [0.2, 0.25) is 37.8 Å². The van der Waals surface area contributed by atoms with E-state index in [1.54, 1.807) is 0 Å². The molecule has 4 atom stereocenters. The second-order valence-corrected chi connectivity index (χ2v) is 19.8. The number of hydrogen-bond acceptors (Lipinski definition) is 6. The van der Waals surface area contributed by atoms with Gasteiger partial charge in [-0.05, 0) is 18.1 Å². The Morgan fingerprint density at radius 2 is 1.87 bits per heavy atom. The van der Waals surface area contributed by atoms with Crippen molar-refractivity contribution in [1.82, 2.24) is 9.55 Å². The van der Waals surface area contributed by atoms with Gasteiger partial charge in [0.2, 0.25) is 0 Å². The lowest BCUT2D eigenvalue weighted by atomic mass is 9.93. The molecule has 2 rings (SSSR count). The summed E-state index contributed by atoms with van der Waals surface area (Å²) in [5.41, 5.74) is 0.119. The Morgan fingerprint density at radius 3 is 2.33 bits per heavy atom. The first-order valence-corrected chi connectivity index (χ1v) is 16.4. The summed E-state index contributed by atoms with van der Waals surface area (Å²) in [5.74, 6) is 2.95. The molecular weight excluding hydrogens is 420 g/mol. The van der Waals surface area contributed by atoms with Crippen LogP contribution in [0.15, 0.2) is 21.9 Å². The summed E-state index contributed by atoms with van der Waals surface area (Å²) < 4.78 is 13.6. The first-order chi connectivity index (χ1) is 13.5. The van der Waals surface area contributed by atoms with Gasteiger partial charge in [-0.25, -0.2) is 4.79 Å². The number of rotatable bonds is 4. The Balaban J connectivity index is 2.67. The molecule has 2 heterocycles. The van der Waals surface area contributed by atoms with Gasteiger partial charge >= 0.3 is 5.69 Å². The molecule has 0 saturated carbocycles. The highest BCUT2D eigenvalue weighted by Gasteiger charge is 2.59. The van der Waals surface area contributed by atoms with Crippen LogP contribution in [-0.4, -0.2) is 60.6 Å². The molecule has 1 aliphatic rings. The Kier molecular flexibility index (Phi) is 6.79. The molecule has 3 N–H and O–H groups in total. The third-order valence-electron chi connectivity index (χ3n) is 5.64. The van der Waals surface area contributed by atoms with Gasteiger partial charge in [0.25, 0.3) is 5.56 Å². The van der Waals surface area contributed by atoms with Crippen molar-refractivity contribution in [3.63, 3.8) is 0 Å². The van der Waals surface area contributed by atoms with Gasteiger partial charge in [-0.3, -0.25) is 14.3 Å². The zero-order valence-electron chi connectivity index (χ0n) is 19.1. The van der Waals surface area contributed by atoms with E-state index in [1.807, 2.05) is 32.7 Å². The summed E-state index contributed by atoms with van der Waals surface area (Å²) in [6.07, 6.45) is -1.84. The molecule has 0 spiro atoms. The molecule has 0 amide bonds. The smallest absolute Gasteiger partial charge is 0.330 e. The van der Waals surface area contributed by atoms with Crippen LogP contribution in [-0.2, 0) is 9.16 Å². The number of nitrogens with one attached hydrogen (secondary N) is 1. The van der Waals surface area contributed by atoms with Crippen LogP contribution in [0.25, 0.3) is 0 Å². The number of H-pyrrole nitrogens is 1. The molecule has 1 aromatic rings. The van der Waals surface area contributed by atoms with Crippen molar-refractivity contribution in [2.45, 2.75) is 82.6 Å². The summed E-state index contributed by atoms with van der Waals surface area (Å²) in [7, 11) is -4.32. The van der Waals surface area contributed by atoms with Crippen molar-refractivity contribution in [2.75, 3.05) is 6.61 Å². The van der Waals surface area contributed by atoms with Crippen LogP contribution in [0.5, 0.6) is 0 Å². The van der Waals surface area contributed by atoms with Crippen LogP contribution in [0.3, 0.4) is 0 Å². The van der Waals surface area contributed by atoms with E-state index in [1.165, 1.54) is 16.8 Å². The van der Waals surface area contributed by atoms with Crippen molar-refractivity contribution in [1.29, 1.82) is 0 Å². The minimum Gasteiger partial charge on any atom is -0.405 e. The number of hydrogen-bond donors (Lipinski definition) is 3. The largest absolute Gasteiger partial charge is 0.405 e. The Hall–Kier alpha value is -1.49. The number of aromatic nitrogens is 2. The summed E-state index contributed by atoms with van der Waals surface area (Å²) in [6, 6.07) is 1.20. The number of nitrogens with zero attached hydrogens (tertiary/aromatic N) is 1. The Morgan fingerprint density at radius 1 is 1.27 bits per heavy atom. The van der Waals surface area contributed by atoms with Gasteiger partial charge in [0.05, 0.1) is 6.61 Å². The summed E-state index contributed by atoms with van der Waals surface area (Å²) in [6.45, 7) is 15.9. The predicted octanol–water partition coefficient (Wildman–Crippen LogP) is 1.43. The topological polar surface area (TPSA) is 114 Å². The fraction of sp³-hybridized carbons (Fsp3) is 0.700. The maximum Gasteiger partial charge on any atom is 0.330 e. The van der Waals surface area contributed by atoms with Crippen LogP contribution in [0, 0.1) is 11.5 Å². The lowest BCUT2D eigenvalue weighted by Crippen LogP contribution is -2.55. The lowest BCUT2D eigenvalue weighted by Gasteiger charge is -2.42. The molecule has 168 valence electrons. The zero-order valence-corrected chi connectivity index (χ0v) is 21.1. The highest BCUT2D eigenvalue weighted by Crippen LogP contribution is 2.44. The fourth-order valence-electron chi connectivity index (χ4n) is 2.85. The van der Waals surface area contributed by atoms with Crippen molar-refractivity contribution in [2.24, 2.45) is 0 Å². The number of aliphatic hydroxyl groups excluding tert-OH is 1. The molecule has 1 fully saturated rings. The van der Waals surface area contributed by atoms with Gasteiger partial charge in [0, 0.05) is 12.3 Å². The minimum absolute atomic E-state index is 0.183. The predicted molar refractivity (Wildman–Crippen MR) is 120 cm³/mol. The van der Waals surface area contributed by atoms with Crippen molar-refractivity contribution >= 4 is 16.4 Å². The molecule has 1 saturated heterocycles. The van der Waals surface area contributed by atoms with Gasteiger partial charge in [-0.2, -0.15) is 0 Å². The molecule has 0 aliphatic carbocycles. The van der Waals surface area contributed by atoms with Crippen molar-refractivity contribution in [3.05, 3.63) is 33.1 Å². The van der Waals surface area contributed by atoms with E-state index < -0.39 is 58.3 Å². The molecule has 8 nitrogen and oxygen atoms in total. The second kappa shape index (κ2) is 8.22. The molecule has 0 aromatic carbocycles. The molecule has 10 heteroatoms. The monoisotopic (exact) mass is 454 g/mol. The molecule has 0 unspecified atom stereocenters. The van der Waals surface area contributed by atoms with E-state index in [0.717, 1.165) is 0 Å². The Bertz CT molecular complexity index is 947. The van der Waals surface area contributed by atoms with Gasteiger partial charge in [-0.15, -0.1) is 5.54 Å². The molecular formula is C20H34N2O6Si2. The molecule has 1 aromatic heterocycles. The Labute approximate surface area is 179 Å². The second-order valence-electron chi connectivity index (χ2n) is 10.3. The van der Waals surface area contributed by atoms with Crippen LogP contribution in [0.4, 0.5) is 0 Å². The number of aliphatic hydroxyl groups is 2. The SMILES string of the molecule is CC(C)(C)[Si](C)(C)O[C@H]1[C@H](n2ccc(=O)[nH]c2=O)O[C@H](CO)[C@]1(O)C#C[Si](C)(C)C. The van der Waals surface area contributed by atoms with Crippen LogP contribution in [0.1, 0.15) is 27.0 Å². The minimum atomic E-state index is -2.44. The van der Waals surface area contributed by atoms with Gasteiger partial charge in [-0.1, -0.05) is 46.3 Å². The molecule has 1 aliphatic heterocycles. The van der Waals surface area contributed by atoms with E-state index in [0.29, 0.717) is 0 Å². The first-order valence-electron chi connectivity index (χ1n) is 10.0. The van der Waals surface area contributed by atoms with Crippen LogP contribution < -0.4 is 11.2 Å². The van der Waals surface area contributed by atoms with E-state index in [9.17, 15) is 19.8 Å². The summed E-state index contributed by atoms with van der Waals surface area (Å²) >= 11 is 0. The summed E-state index contributed by atoms with van der Waals surface area (Å²) in [4.78, 5) is 26.2. The third-order valence-corrected chi connectivity index (χ3v) is 11.0. The van der Waals surface area contributed by atoms with Gasteiger partial charge in [0.1, 0.15) is 20.3 Å². The van der Waals surface area contributed by atoms with Crippen molar-refractivity contribution < 1.29 is 19.4 Å². The van der Waals surface area contributed by atoms with Gasteiger partial charge in [0.15, 0.2) is 20.1 Å².